The minimum atomic E-state index is -0.350. The fourth-order valence-electron chi connectivity index (χ4n) is 1.21. The van der Waals surface area contributed by atoms with Crippen molar-refractivity contribution >= 4 is 46.4 Å². The molecule has 1 aromatic rings. The molecule has 0 aromatic heterocycles. The molecule has 3 nitrogen and oxygen atoms in total. The predicted octanol–water partition coefficient (Wildman–Crippen LogP) is 3.40. The fraction of sp³-hybridized carbons (Fsp3) is 0.333. The van der Waals surface area contributed by atoms with E-state index >= 15 is 0 Å². The summed E-state index contributed by atoms with van der Waals surface area (Å²) in [5.41, 5.74) is 0.342. The lowest BCUT2D eigenvalue weighted by Gasteiger charge is -2.14. The highest BCUT2D eigenvalue weighted by molar-refractivity contribution is 7.80. The number of hydrogen-bond acceptors (Lipinski definition) is 2. The quantitative estimate of drug-likeness (QED) is 0.841. The van der Waals surface area contributed by atoms with E-state index < -0.39 is 0 Å². The van der Waals surface area contributed by atoms with Gasteiger partial charge >= 0.3 is 0 Å². The van der Waals surface area contributed by atoms with Crippen LogP contribution in [0.15, 0.2) is 18.2 Å². The van der Waals surface area contributed by atoms with E-state index in [0.29, 0.717) is 20.7 Å². The van der Waals surface area contributed by atoms with Crippen molar-refractivity contribution in [1.29, 1.82) is 0 Å². The zero-order valence-electron chi connectivity index (χ0n) is 10.1. The van der Waals surface area contributed by atoms with E-state index in [9.17, 15) is 4.79 Å². The first-order valence-corrected chi connectivity index (χ1v) is 6.67. The molecule has 0 saturated heterocycles. The second-order valence-electron chi connectivity index (χ2n) is 3.86. The van der Waals surface area contributed by atoms with E-state index in [2.05, 4.69) is 10.6 Å². The molecule has 0 heterocycles. The van der Waals surface area contributed by atoms with Gasteiger partial charge in [-0.05, 0) is 43.8 Å². The van der Waals surface area contributed by atoms with E-state index in [1.807, 2.05) is 13.8 Å². The lowest BCUT2D eigenvalue weighted by Crippen LogP contribution is -2.43. The SMILES string of the molecule is CCC(C)NC(=S)NC(=O)c1ccc(Cl)cc1Cl. The van der Waals surface area contributed by atoms with E-state index in [4.69, 9.17) is 35.4 Å². The van der Waals surface area contributed by atoms with E-state index in [1.54, 1.807) is 12.1 Å². The molecule has 18 heavy (non-hydrogen) atoms. The van der Waals surface area contributed by atoms with Crippen LogP contribution in [0.3, 0.4) is 0 Å². The zero-order valence-corrected chi connectivity index (χ0v) is 12.4. The van der Waals surface area contributed by atoms with Gasteiger partial charge in [-0.1, -0.05) is 30.1 Å². The van der Waals surface area contributed by atoms with E-state index in [1.165, 1.54) is 6.07 Å². The van der Waals surface area contributed by atoms with Gasteiger partial charge < -0.3 is 5.32 Å². The first-order chi connectivity index (χ1) is 8.43. The number of benzene rings is 1. The van der Waals surface area contributed by atoms with Crippen LogP contribution in [0.25, 0.3) is 0 Å². The van der Waals surface area contributed by atoms with Crippen molar-refractivity contribution in [2.75, 3.05) is 0 Å². The molecule has 0 spiro atoms. The molecule has 2 N–H and O–H groups in total. The Labute approximate surface area is 122 Å². The van der Waals surface area contributed by atoms with Crippen molar-refractivity contribution < 1.29 is 4.79 Å². The molecule has 6 heteroatoms. The monoisotopic (exact) mass is 304 g/mol. The van der Waals surface area contributed by atoms with Gasteiger partial charge in [-0.25, -0.2) is 0 Å². The first-order valence-electron chi connectivity index (χ1n) is 5.51. The average Bonchev–Trinajstić information content (AvgIpc) is 2.28. The average molecular weight is 305 g/mol. The predicted molar refractivity (Wildman–Crippen MR) is 79.4 cm³/mol. The summed E-state index contributed by atoms with van der Waals surface area (Å²) < 4.78 is 0. The smallest absolute Gasteiger partial charge is 0.258 e. The second kappa shape index (κ2) is 6.92. The number of carbonyl (C=O) groups excluding carboxylic acids is 1. The van der Waals surface area contributed by atoms with Gasteiger partial charge in [-0.2, -0.15) is 0 Å². The maximum Gasteiger partial charge on any atom is 0.258 e. The molecule has 1 amide bonds. The third-order valence-electron chi connectivity index (χ3n) is 2.39. The first kappa shape index (κ1) is 15.2. The highest BCUT2D eigenvalue weighted by Gasteiger charge is 2.12. The summed E-state index contributed by atoms with van der Waals surface area (Å²) in [6.07, 6.45) is 0.914. The Morgan fingerprint density at radius 1 is 1.44 bits per heavy atom. The number of rotatable bonds is 3. The topological polar surface area (TPSA) is 41.1 Å². The Morgan fingerprint density at radius 3 is 2.67 bits per heavy atom. The fourth-order valence-corrected chi connectivity index (χ4v) is 1.99. The van der Waals surface area contributed by atoms with Crippen molar-refractivity contribution in [3.63, 3.8) is 0 Å². The Morgan fingerprint density at radius 2 is 2.11 bits per heavy atom. The number of thiocarbonyl (C=S) groups is 1. The lowest BCUT2D eigenvalue weighted by molar-refractivity contribution is 0.0976. The summed E-state index contributed by atoms with van der Waals surface area (Å²) in [6, 6.07) is 4.89. The van der Waals surface area contributed by atoms with Crippen molar-refractivity contribution in [1.82, 2.24) is 10.6 Å². The molecule has 0 fully saturated rings. The molecule has 1 atom stereocenters. The van der Waals surface area contributed by atoms with Crippen molar-refractivity contribution in [3.05, 3.63) is 33.8 Å². The van der Waals surface area contributed by atoms with Gasteiger partial charge in [0.2, 0.25) is 0 Å². The van der Waals surface area contributed by atoms with Crippen LogP contribution in [-0.4, -0.2) is 17.1 Å². The standard InChI is InChI=1S/C12H14Cl2N2OS/c1-3-7(2)15-12(18)16-11(17)9-5-4-8(13)6-10(9)14/h4-7H,3H2,1-2H3,(H2,15,16,17,18). The summed E-state index contributed by atoms with van der Waals surface area (Å²) >= 11 is 16.7. The normalized spacial score (nSPS) is 11.8. The lowest BCUT2D eigenvalue weighted by atomic mass is 10.2. The molecular formula is C12H14Cl2N2OS. The number of hydrogen-bond donors (Lipinski definition) is 2. The zero-order chi connectivity index (χ0) is 13.7. The largest absolute Gasteiger partial charge is 0.360 e. The van der Waals surface area contributed by atoms with Gasteiger partial charge in [0, 0.05) is 11.1 Å². The van der Waals surface area contributed by atoms with Crippen LogP contribution < -0.4 is 10.6 Å². The number of amides is 1. The second-order valence-corrected chi connectivity index (χ2v) is 5.11. The minimum absolute atomic E-state index is 0.207. The molecule has 0 aliphatic rings. The molecule has 0 bridgehead atoms. The highest BCUT2D eigenvalue weighted by Crippen LogP contribution is 2.20. The third-order valence-corrected chi connectivity index (χ3v) is 3.16. The van der Waals surface area contributed by atoms with Crippen LogP contribution in [0.1, 0.15) is 30.6 Å². The molecule has 0 saturated carbocycles. The molecular weight excluding hydrogens is 291 g/mol. The van der Waals surface area contributed by atoms with Gasteiger partial charge in [0.05, 0.1) is 10.6 Å². The van der Waals surface area contributed by atoms with Crippen LogP contribution in [-0.2, 0) is 0 Å². The van der Waals surface area contributed by atoms with Crippen LogP contribution >= 0.6 is 35.4 Å². The third kappa shape index (κ3) is 4.44. The summed E-state index contributed by atoms with van der Waals surface area (Å²) in [5.74, 6) is -0.350. The van der Waals surface area contributed by atoms with E-state index in [-0.39, 0.29) is 11.9 Å². The van der Waals surface area contributed by atoms with Crippen LogP contribution in [0.4, 0.5) is 0 Å². The van der Waals surface area contributed by atoms with Crippen LogP contribution in [0, 0.1) is 0 Å². The summed E-state index contributed by atoms with van der Waals surface area (Å²) in [7, 11) is 0. The number of halogens is 2. The van der Waals surface area contributed by atoms with Gasteiger partial charge in [0.15, 0.2) is 5.11 Å². The van der Waals surface area contributed by atoms with Gasteiger partial charge in [-0.3, -0.25) is 10.1 Å². The summed E-state index contributed by atoms with van der Waals surface area (Å²) in [6.45, 7) is 4.01. The maximum atomic E-state index is 11.9. The highest BCUT2D eigenvalue weighted by atomic mass is 35.5. The molecule has 1 rings (SSSR count). The Bertz CT molecular complexity index is 465. The van der Waals surface area contributed by atoms with Crippen LogP contribution in [0.2, 0.25) is 10.0 Å². The Kier molecular flexibility index (Phi) is 5.85. The van der Waals surface area contributed by atoms with Gasteiger partial charge in [-0.15, -0.1) is 0 Å². The van der Waals surface area contributed by atoms with E-state index in [0.717, 1.165) is 6.42 Å². The number of nitrogens with one attached hydrogen (secondary N) is 2. The van der Waals surface area contributed by atoms with Gasteiger partial charge in [0.1, 0.15) is 0 Å². The summed E-state index contributed by atoms with van der Waals surface area (Å²) in [4.78, 5) is 11.9. The minimum Gasteiger partial charge on any atom is -0.360 e. The van der Waals surface area contributed by atoms with Gasteiger partial charge in [0.25, 0.3) is 5.91 Å². The van der Waals surface area contributed by atoms with Crippen LogP contribution in [0.5, 0.6) is 0 Å². The molecule has 1 aromatic carbocycles. The van der Waals surface area contributed by atoms with Crippen molar-refractivity contribution in [3.8, 4) is 0 Å². The Balaban J connectivity index is 2.68. The molecule has 0 radical (unpaired) electrons. The number of carbonyl (C=O) groups is 1. The molecule has 0 aliphatic carbocycles. The Hall–Kier alpha value is -0.840. The molecule has 1 unspecified atom stereocenters. The maximum absolute atomic E-state index is 11.9. The summed E-state index contributed by atoms with van der Waals surface area (Å²) in [5, 5.41) is 6.64. The van der Waals surface area contributed by atoms with Crippen molar-refractivity contribution in [2.45, 2.75) is 26.3 Å². The molecule has 98 valence electrons. The van der Waals surface area contributed by atoms with Crippen molar-refractivity contribution in [2.24, 2.45) is 0 Å². The molecule has 0 aliphatic heterocycles.